The van der Waals surface area contributed by atoms with Gasteiger partial charge in [0.2, 0.25) is 15.9 Å². The zero-order valence-electron chi connectivity index (χ0n) is 15.3. The van der Waals surface area contributed by atoms with Crippen LogP contribution in [0.2, 0.25) is 0 Å². The molecule has 0 unspecified atom stereocenters. The number of benzene rings is 2. The lowest BCUT2D eigenvalue weighted by Crippen LogP contribution is -2.35. The van der Waals surface area contributed by atoms with Gasteiger partial charge in [-0.15, -0.1) is 0 Å². The van der Waals surface area contributed by atoms with E-state index in [1.165, 1.54) is 7.05 Å². The Balaban J connectivity index is 2.14. The number of sulfonamides is 1. The maximum Gasteiger partial charge on any atom is 0.243 e. The lowest BCUT2D eigenvalue weighted by molar-refractivity contribution is -0.116. The average Bonchev–Trinajstić information content (AvgIpc) is 2.51. The highest BCUT2D eigenvalue weighted by atomic mass is 32.2. The molecular weight excluding hydrogens is 336 g/mol. The average molecular weight is 360 g/mol. The van der Waals surface area contributed by atoms with Crippen LogP contribution >= 0.6 is 0 Å². The van der Waals surface area contributed by atoms with Gasteiger partial charge in [0, 0.05) is 12.7 Å². The van der Waals surface area contributed by atoms with Crippen LogP contribution in [0.4, 0.5) is 5.69 Å². The predicted octanol–water partition coefficient (Wildman–Crippen LogP) is 3.18. The predicted molar refractivity (Wildman–Crippen MR) is 100 cm³/mol. The molecule has 5 nitrogen and oxygen atoms in total. The molecule has 134 valence electrons. The molecule has 2 aromatic rings. The molecule has 0 aliphatic heterocycles. The number of hydrogen-bond donors (Lipinski definition) is 1. The number of likely N-dealkylation sites (N-methyl/N-ethyl adjacent to an activating group) is 1. The molecule has 0 fully saturated rings. The van der Waals surface area contributed by atoms with Gasteiger partial charge < -0.3 is 5.32 Å². The van der Waals surface area contributed by atoms with Crippen molar-refractivity contribution in [1.82, 2.24) is 4.31 Å². The Labute approximate surface area is 149 Å². The molecular formula is C19H24N2O3S. The lowest BCUT2D eigenvalue weighted by Gasteiger charge is -2.18. The SMILES string of the molecule is Cc1ccc(S(=O)(=O)N(C)CC(=O)Nc2c(C)cc(C)cc2C)cc1. The standard InChI is InChI=1S/C19H24N2O3S/c1-13-6-8-17(9-7-13)25(23,24)21(5)12-18(22)20-19-15(3)10-14(2)11-16(19)4/h6-11H,12H2,1-5H3,(H,20,22). The summed E-state index contributed by atoms with van der Waals surface area (Å²) in [5, 5.41) is 2.82. The van der Waals surface area contributed by atoms with E-state index in [1.807, 2.05) is 39.8 Å². The topological polar surface area (TPSA) is 66.5 Å². The Morgan fingerprint density at radius 3 is 2.00 bits per heavy atom. The number of carbonyl (C=O) groups is 1. The zero-order chi connectivity index (χ0) is 18.8. The summed E-state index contributed by atoms with van der Waals surface area (Å²) >= 11 is 0. The van der Waals surface area contributed by atoms with Gasteiger partial charge in [-0.1, -0.05) is 35.4 Å². The molecule has 0 aliphatic rings. The minimum absolute atomic E-state index is 0.177. The number of amides is 1. The van der Waals surface area contributed by atoms with Crippen LogP contribution in [0.15, 0.2) is 41.3 Å². The van der Waals surface area contributed by atoms with Crippen LogP contribution in [0.3, 0.4) is 0 Å². The molecule has 0 bridgehead atoms. The van der Waals surface area contributed by atoms with E-state index in [0.717, 1.165) is 32.2 Å². The van der Waals surface area contributed by atoms with E-state index in [-0.39, 0.29) is 17.3 Å². The maximum atomic E-state index is 12.6. The summed E-state index contributed by atoms with van der Waals surface area (Å²) in [4.78, 5) is 12.5. The van der Waals surface area contributed by atoms with Crippen LogP contribution in [-0.2, 0) is 14.8 Å². The number of nitrogens with zero attached hydrogens (tertiary/aromatic N) is 1. The van der Waals surface area contributed by atoms with Crippen LogP contribution in [-0.4, -0.2) is 32.2 Å². The van der Waals surface area contributed by atoms with E-state index in [1.54, 1.807) is 24.3 Å². The summed E-state index contributed by atoms with van der Waals surface area (Å²) in [6.45, 7) is 7.47. The first-order valence-electron chi connectivity index (χ1n) is 8.02. The Hall–Kier alpha value is -2.18. The molecule has 0 aromatic heterocycles. The molecule has 0 atom stereocenters. The number of anilines is 1. The molecule has 25 heavy (non-hydrogen) atoms. The normalized spacial score (nSPS) is 11.6. The van der Waals surface area contributed by atoms with Crippen LogP contribution in [0.5, 0.6) is 0 Å². The Kier molecular flexibility index (Phi) is 5.65. The molecule has 0 saturated carbocycles. The summed E-state index contributed by atoms with van der Waals surface area (Å²) in [7, 11) is -2.29. The van der Waals surface area contributed by atoms with Crippen molar-refractivity contribution in [3.8, 4) is 0 Å². The first-order valence-corrected chi connectivity index (χ1v) is 9.46. The third kappa shape index (κ3) is 4.46. The molecule has 0 heterocycles. The van der Waals surface area contributed by atoms with E-state index < -0.39 is 10.0 Å². The van der Waals surface area contributed by atoms with Crippen molar-refractivity contribution in [3.63, 3.8) is 0 Å². The summed E-state index contributed by atoms with van der Waals surface area (Å²) < 4.78 is 26.2. The van der Waals surface area contributed by atoms with Crippen molar-refractivity contribution in [1.29, 1.82) is 0 Å². The maximum absolute atomic E-state index is 12.6. The van der Waals surface area contributed by atoms with Crippen LogP contribution in [0.1, 0.15) is 22.3 Å². The second kappa shape index (κ2) is 7.37. The van der Waals surface area contributed by atoms with Gasteiger partial charge in [-0.05, 0) is 51.0 Å². The Bertz CT molecular complexity index is 864. The highest BCUT2D eigenvalue weighted by molar-refractivity contribution is 7.89. The van der Waals surface area contributed by atoms with Crippen LogP contribution in [0.25, 0.3) is 0 Å². The molecule has 1 N–H and O–H groups in total. The zero-order valence-corrected chi connectivity index (χ0v) is 16.1. The van der Waals surface area contributed by atoms with Crippen molar-refractivity contribution >= 4 is 21.6 Å². The van der Waals surface area contributed by atoms with Crippen molar-refractivity contribution in [2.45, 2.75) is 32.6 Å². The fourth-order valence-electron chi connectivity index (χ4n) is 2.73. The second-order valence-corrected chi connectivity index (χ2v) is 8.44. The van der Waals surface area contributed by atoms with Gasteiger partial charge in [0.1, 0.15) is 0 Å². The molecule has 0 saturated heterocycles. The van der Waals surface area contributed by atoms with Crippen LogP contribution in [0, 0.1) is 27.7 Å². The van der Waals surface area contributed by atoms with Crippen molar-refractivity contribution in [3.05, 3.63) is 58.7 Å². The quantitative estimate of drug-likeness (QED) is 0.890. The molecule has 0 aliphatic carbocycles. The Morgan fingerprint density at radius 2 is 1.48 bits per heavy atom. The molecule has 1 amide bonds. The van der Waals surface area contributed by atoms with Crippen LogP contribution < -0.4 is 5.32 Å². The Morgan fingerprint density at radius 1 is 0.960 bits per heavy atom. The van der Waals surface area contributed by atoms with Gasteiger partial charge in [-0.3, -0.25) is 4.79 Å². The molecule has 2 aromatic carbocycles. The fraction of sp³-hybridized carbons (Fsp3) is 0.316. The number of hydrogen-bond acceptors (Lipinski definition) is 3. The smallest absolute Gasteiger partial charge is 0.243 e. The first-order chi connectivity index (χ1) is 11.6. The lowest BCUT2D eigenvalue weighted by atomic mass is 10.1. The van der Waals surface area contributed by atoms with E-state index in [9.17, 15) is 13.2 Å². The number of carbonyl (C=O) groups excluding carboxylic acids is 1. The largest absolute Gasteiger partial charge is 0.324 e. The molecule has 2 rings (SSSR count). The number of rotatable bonds is 5. The number of aryl methyl sites for hydroxylation is 4. The van der Waals surface area contributed by atoms with E-state index in [2.05, 4.69) is 5.32 Å². The first kappa shape index (κ1) is 19.1. The fourth-order valence-corrected chi connectivity index (χ4v) is 3.86. The highest BCUT2D eigenvalue weighted by Crippen LogP contribution is 2.22. The monoisotopic (exact) mass is 360 g/mol. The third-order valence-corrected chi connectivity index (χ3v) is 5.85. The molecule has 6 heteroatoms. The summed E-state index contributed by atoms with van der Waals surface area (Å²) in [6, 6.07) is 10.5. The second-order valence-electron chi connectivity index (χ2n) is 6.40. The van der Waals surface area contributed by atoms with E-state index >= 15 is 0 Å². The van der Waals surface area contributed by atoms with Crippen molar-refractivity contribution in [2.75, 3.05) is 18.9 Å². The third-order valence-electron chi connectivity index (χ3n) is 4.04. The highest BCUT2D eigenvalue weighted by Gasteiger charge is 2.23. The van der Waals surface area contributed by atoms with Gasteiger partial charge in [0.15, 0.2) is 0 Å². The summed E-state index contributed by atoms with van der Waals surface area (Å²) in [5.41, 5.74) is 4.73. The van der Waals surface area contributed by atoms with Gasteiger partial charge in [-0.25, -0.2) is 8.42 Å². The number of nitrogens with one attached hydrogen (secondary N) is 1. The van der Waals surface area contributed by atoms with Crippen molar-refractivity contribution in [2.24, 2.45) is 0 Å². The minimum atomic E-state index is -3.70. The molecule has 0 radical (unpaired) electrons. The van der Waals surface area contributed by atoms with Gasteiger partial charge >= 0.3 is 0 Å². The molecule has 0 spiro atoms. The minimum Gasteiger partial charge on any atom is -0.324 e. The van der Waals surface area contributed by atoms with Gasteiger partial charge in [-0.2, -0.15) is 4.31 Å². The van der Waals surface area contributed by atoms with Gasteiger partial charge in [0.05, 0.1) is 11.4 Å². The van der Waals surface area contributed by atoms with Crippen molar-refractivity contribution < 1.29 is 13.2 Å². The van der Waals surface area contributed by atoms with E-state index in [0.29, 0.717) is 0 Å². The van der Waals surface area contributed by atoms with E-state index in [4.69, 9.17) is 0 Å². The van der Waals surface area contributed by atoms with Gasteiger partial charge in [0.25, 0.3) is 0 Å². The summed E-state index contributed by atoms with van der Waals surface area (Å²) in [6.07, 6.45) is 0. The summed E-state index contributed by atoms with van der Waals surface area (Å²) in [5.74, 6) is -0.367.